The van der Waals surface area contributed by atoms with Gasteiger partial charge in [0.25, 0.3) is 0 Å². The fraction of sp³-hybridized carbons (Fsp3) is 0.385. The van der Waals surface area contributed by atoms with Gasteiger partial charge in [-0.3, -0.25) is 0 Å². The smallest absolute Gasteiger partial charge is 0.247 e. The molecule has 1 heterocycles. The van der Waals surface area contributed by atoms with Crippen molar-refractivity contribution in [2.24, 2.45) is 0 Å². The third-order valence-corrected chi connectivity index (χ3v) is 2.25. The highest BCUT2D eigenvalue weighted by Crippen LogP contribution is 2.23. The Morgan fingerprint density at radius 1 is 1.33 bits per heavy atom. The molecule has 0 aliphatic carbocycles. The predicted octanol–water partition coefficient (Wildman–Crippen LogP) is 2.24. The van der Waals surface area contributed by atoms with E-state index in [4.69, 9.17) is 9.15 Å². The molecule has 5 nitrogen and oxygen atoms in total. The van der Waals surface area contributed by atoms with Gasteiger partial charge in [-0.25, -0.2) is 0 Å². The predicted molar refractivity (Wildman–Crippen MR) is 68.3 cm³/mol. The molecular weight excluding hydrogens is 230 g/mol. The van der Waals surface area contributed by atoms with E-state index in [0.717, 1.165) is 11.3 Å². The number of nitrogens with zero attached hydrogens (tertiary/aromatic N) is 2. The Morgan fingerprint density at radius 2 is 2.17 bits per heavy atom. The summed E-state index contributed by atoms with van der Waals surface area (Å²) in [6, 6.07) is 7.64. The van der Waals surface area contributed by atoms with Gasteiger partial charge in [-0.1, -0.05) is 6.07 Å². The first kappa shape index (κ1) is 12.6. The van der Waals surface area contributed by atoms with Crippen LogP contribution in [0.1, 0.15) is 19.7 Å². The highest BCUT2D eigenvalue weighted by atomic mass is 16.5. The van der Waals surface area contributed by atoms with Crippen molar-refractivity contribution in [3.05, 3.63) is 30.2 Å². The zero-order valence-corrected chi connectivity index (χ0v) is 10.8. The molecule has 96 valence electrons. The van der Waals surface area contributed by atoms with Crippen LogP contribution in [-0.2, 0) is 6.54 Å². The summed E-state index contributed by atoms with van der Waals surface area (Å²) in [5.41, 5.74) is 0.864. The van der Waals surface area contributed by atoms with Crippen LogP contribution in [0.15, 0.2) is 28.7 Å². The van der Waals surface area contributed by atoms with Crippen molar-refractivity contribution < 1.29 is 9.15 Å². The largest absolute Gasteiger partial charge is 0.491 e. The van der Waals surface area contributed by atoms with Gasteiger partial charge in [-0.05, 0) is 39.1 Å². The summed E-state index contributed by atoms with van der Waals surface area (Å²) in [7, 11) is 1.83. The number of ether oxygens (including phenoxy) is 1. The Labute approximate surface area is 106 Å². The Morgan fingerprint density at radius 3 is 2.89 bits per heavy atom. The van der Waals surface area contributed by atoms with Gasteiger partial charge < -0.3 is 14.5 Å². The quantitative estimate of drug-likeness (QED) is 0.878. The summed E-state index contributed by atoms with van der Waals surface area (Å²) in [6.45, 7) is 4.55. The molecule has 0 amide bonds. The summed E-state index contributed by atoms with van der Waals surface area (Å²) < 4.78 is 11.2. The lowest BCUT2D eigenvalue weighted by molar-refractivity contribution is 0.242. The molecule has 0 bridgehead atoms. The molecule has 0 atom stereocenters. The molecular formula is C13H17N3O2. The Balaban J connectivity index is 2.21. The first-order valence-corrected chi connectivity index (χ1v) is 5.93. The molecule has 0 radical (unpaired) electrons. The van der Waals surface area contributed by atoms with Gasteiger partial charge in [0.1, 0.15) is 5.75 Å². The summed E-state index contributed by atoms with van der Waals surface area (Å²) in [5, 5.41) is 10.9. The average molecular weight is 247 g/mol. The summed E-state index contributed by atoms with van der Waals surface area (Å²) >= 11 is 0. The van der Waals surface area contributed by atoms with Gasteiger partial charge in [0.05, 0.1) is 12.6 Å². The van der Waals surface area contributed by atoms with Gasteiger partial charge in [0.2, 0.25) is 11.8 Å². The van der Waals surface area contributed by atoms with Gasteiger partial charge in [0.15, 0.2) is 0 Å². The third kappa shape index (κ3) is 3.07. The molecule has 0 fully saturated rings. The first-order chi connectivity index (χ1) is 8.69. The molecule has 0 aliphatic rings. The maximum absolute atomic E-state index is 5.63. The zero-order valence-electron chi connectivity index (χ0n) is 10.8. The minimum atomic E-state index is 0.141. The van der Waals surface area contributed by atoms with Gasteiger partial charge >= 0.3 is 0 Å². The lowest BCUT2D eigenvalue weighted by Gasteiger charge is -2.09. The summed E-state index contributed by atoms with van der Waals surface area (Å²) in [6.07, 6.45) is 0.141. The van der Waals surface area contributed by atoms with Crippen LogP contribution in [0, 0.1) is 0 Å². The lowest BCUT2D eigenvalue weighted by Crippen LogP contribution is -2.05. The Hall–Kier alpha value is -1.88. The van der Waals surface area contributed by atoms with Gasteiger partial charge in [-0.15, -0.1) is 10.2 Å². The second-order valence-corrected chi connectivity index (χ2v) is 4.23. The fourth-order valence-corrected chi connectivity index (χ4v) is 1.57. The van der Waals surface area contributed by atoms with E-state index in [9.17, 15) is 0 Å². The van der Waals surface area contributed by atoms with E-state index in [-0.39, 0.29) is 6.10 Å². The minimum absolute atomic E-state index is 0.141. The van der Waals surface area contributed by atoms with Crippen molar-refractivity contribution in [1.82, 2.24) is 15.5 Å². The highest BCUT2D eigenvalue weighted by Gasteiger charge is 2.09. The first-order valence-electron chi connectivity index (χ1n) is 5.93. The standard InChI is InChI=1S/C13H17N3O2/c1-9(2)17-11-6-4-5-10(7-11)13-16-15-12(18-13)8-14-3/h4-7,9,14H,8H2,1-3H3. The molecule has 18 heavy (non-hydrogen) atoms. The molecule has 0 unspecified atom stereocenters. The van der Waals surface area contributed by atoms with E-state index in [1.807, 2.05) is 45.2 Å². The molecule has 0 aliphatic heterocycles. The van der Waals surface area contributed by atoms with Crippen LogP contribution < -0.4 is 10.1 Å². The monoisotopic (exact) mass is 247 g/mol. The van der Waals surface area contributed by atoms with Crippen LogP contribution in [0.3, 0.4) is 0 Å². The number of hydrogen-bond donors (Lipinski definition) is 1. The van der Waals surface area contributed by atoms with E-state index in [0.29, 0.717) is 18.3 Å². The van der Waals surface area contributed by atoms with Crippen molar-refractivity contribution >= 4 is 0 Å². The molecule has 5 heteroatoms. The van der Waals surface area contributed by atoms with Crippen molar-refractivity contribution in [3.63, 3.8) is 0 Å². The number of nitrogens with one attached hydrogen (secondary N) is 1. The molecule has 0 saturated heterocycles. The minimum Gasteiger partial charge on any atom is -0.491 e. The molecule has 1 aromatic heterocycles. The lowest BCUT2D eigenvalue weighted by atomic mass is 10.2. The maximum atomic E-state index is 5.63. The molecule has 1 N–H and O–H groups in total. The Bertz CT molecular complexity index is 508. The van der Waals surface area contributed by atoms with E-state index in [2.05, 4.69) is 15.5 Å². The maximum Gasteiger partial charge on any atom is 0.247 e. The van der Waals surface area contributed by atoms with E-state index >= 15 is 0 Å². The van der Waals surface area contributed by atoms with Gasteiger partial charge in [-0.2, -0.15) is 0 Å². The van der Waals surface area contributed by atoms with Crippen LogP contribution in [0.5, 0.6) is 5.75 Å². The average Bonchev–Trinajstić information content (AvgIpc) is 2.78. The normalized spacial score (nSPS) is 10.9. The van der Waals surface area contributed by atoms with E-state index in [1.165, 1.54) is 0 Å². The molecule has 2 rings (SSSR count). The second kappa shape index (κ2) is 5.64. The van der Waals surface area contributed by atoms with Crippen LogP contribution in [0.25, 0.3) is 11.5 Å². The number of rotatable bonds is 5. The molecule has 1 aromatic carbocycles. The second-order valence-electron chi connectivity index (χ2n) is 4.23. The summed E-state index contributed by atoms with van der Waals surface area (Å²) in [4.78, 5) is 0. The zero-order chi connectivity index (χ0) is 13.0. The van der Waals surface area contributed by atoms with Crippen molar-refractivity contribution in [2.45, 2.75) is 26.5 Å². The SMILES string of the molecule is CNCc1nnc(-c2cccc(OC(C)C)c2)o1. The Kier molecular flexibility index (Phi) is 3.94. The van der Waals surface area contributed by atoms with Gasteiger partial charge in [0, 0.05) is 5.56 Å². The van der Waals surface area contributed by atoms with E-state index in [1.54, 1.807) is 0 Å². The summed E-state index contributed by atoms with van der Waals surface area (Å²) in [5.74, 6) is 1.88. The molecule has 2 aromatic rings. The van der Waals surface area contributed by atoms with Crippen molar-refractivity contribution in [2.75, 3.05) is 7.05 Å². The number of aromatic nitrogens is 2. The fourth-order valence-electron chi connectivity index (χ4n) is 1.57. The van der Waals surface area contributed by atoms with E-state index < -0.39 is 0 Å². The third-order valence-electron chi connectivity index (χ3n) is 2.25. The topological polar surface area (TPSA) is 60.2 Å². The number of benzene rings is 1. The molecule has 0 saturated carbocycles. The van der Waals surface area contributed by atoms with Crippen LogP contribution in [-0.4, -0.2) is 23.3 Å². The van der Waals surface area contributed by atoms with Crippen molar-refractivity contribution in [3.8, 4) is 17.2 Å². The molecule has 0 spiro atoms. The van der Waals surface area contributed by atoms with Crippen LogP contribution >= 0.6 is 0 Å². The van der Waals surface area contributed by atoms with Crippen LogP contribution in [0.4, 0.5) is 0 Å². The highest BCUT2D eigenvalue weighted by molar-refractivity contribution is 5.55. The van der Waals surface area contributed by atoms with Crippen LogP contribution in [0.2, 0.25) is 0 Å². The van der Waals surface area contributed by atoms with Crippen molar-refractivity contribution in [1.29, 1.82) is 0 Å². The number of hydrogen-bond acceptors (Lipinski definition) is 5.